The van der Waals surface area contributed by atoms with E-state index in [1.807, 2.05) is 12.1 Å². The molecule has 0 saturated heterocycles. The van der Waals surface area contributed by atoms with Crippen LogP contribution < -0.4 is 10.1 Å². The largest absolute Gasteiger partial charge is 0.496 e. The molecule has 1 aliphatic rings. The minimum atomic E-state index is 0.634. The molecule has 1 unspecified atom stereocenters. The second-order valence-electron chi connectivity index (χ2n) is 4.32. The number of hydrogen-bond acceptors (Lipinski definition) is 2. The molecule has 0 bridgehead atoms. The van der Waals surface area contributed by atoms with Crippen LogP contribution >= 0.6 is 0 Å². The molecule has 2 heteroatoms. The second-order valence-corrected chi connectivity index (χ2v) is 4.32. The molecule has 2 rings (SSSR count). The van der Waals surface area contributed by atoms with Crippen molar-refractivity contribution in [1.29, 1.82) is 0 Å². The van der Waals surface area contributed by atoms with Gasteiger partial charge in [0.15, 0.2) is 0 Å². The quantitative estimate of drug-likeness (QED) is 0.797. The van der Waals surface area contributed by atoms with Crippen molar-refractivity contribution in [3.05, 3.63) is 29.8 Å². The lowest BCUT2D eigenvalue weighted by Crippen LogP contribution is -2.27. The number of rotatable bonds is 5. The summed E-state index contributed by atoms with van der Waals surface area (Å²) in [6.45, 7) is 3.18. The Labute approximate surface area is 91.6 Å². The van der Waals surface area contributed by atoms with E-state index >= 15 is 0 Å². The maximum Gasteiger partial charge on any atom is 0.123 e. The Morgan fingerprint density at radius 2 is 2.13 bits per heavy atom. The lowest BCUT2D eigenvalue weighted by atomic mass is 10.1. The molecule has 0 aromatic heterocycles. The van der Waals surface area contributed by atoms with E-state index in [0.29, 0.717) is 6.04 Å². The topological polar surface area (TPSA) is 21.3 Å². The monoisotopic (exact) mass is 205 g/mol. The van der Waals surface area contributed by atoms with Crippen LogP contribution in [0, 0.1) is 5.92 Å². The number of ether oxygens (including phenoxy) is 1. The molecule has 1 fully saturated rings. The van der Waals surface area contributed by atoms with E-state index in [9.17, 15) is 0 Å². The van der Waals surface area contributed by atoms with Crippen LogP contribution in [-0.4, -0.2) is 13.2 Å². The van der Waals surface area contributed by atoms with Gasteiger partial charge in [-0.3, -0.25) is 0 Å². The lowest BCUT2D eigenvalue weighted by molar-refractivity contribution is 0.404. The van der Waals surface area contributed by atoms with Gasteiger partial charge in [0.05, 0.1) is 7.11 Å². The van der Waals surface area contributed by atoms with Crippen LogP contribution in [0.4, 0.5) is 0 Å². The molecule has 0 radical (unpaired) electrons. The fraction of sp³-hybridized carbons (Fsp3) is 0.538. The highest BCUT2D eigenvalue weighted by atomic mass is 16.5. The van der Waals surface area contributed by atoms with E-state index in [2.05, 4.69) is 24.4 Å². The zero-order valence-corrected chi connectivity index (χ0v) is 9.49. The Bertz CT molecular complexity index is 320. The number of hydrogen-bond donors (Lipinski definition) is 1. The van der Waals surface area contributed by atoms with E-state index < -0.39 is 0 Å². The molecule has 1 aromatic carbocycles. The van der Waals surface area contributed by atoms with Gasteiger partial charge in [0.1, 0.15) is 5.75 Å². The summed E-state index contributed by atoms with van der Waals surface area (Å²) in [5.41, 5.74) is 1.24. The summed E-state index contributed by atoms with van der Waals surface area (Å²) in [5.74, 6) is 1.88. The van der Waals surface area contributed by atoms with Crippen LogP contribution in [0.3, 0.4) is 0 Å². The van der Waals surface area contributed by atoms with Crippen molar-refractivity contribution in [2.24, 2.45) is 5.92 Å². The second kappa shape index (κ2) is 4.67. The number of nitrogens with one attached hydrogen (secondary N) is 1. The molecule has 1 aromatic rings. The van der Waals surface area contributed by atoms with Crippen molar-refractivity contribution in [2.45, 2.75) is 32.4 Å². The predicted octanol–water partition coefficient (Wildman–Crippen LogP) is 2.58. The molecule has 0 spiro atoms. The van der Waals surface area contributed by atoms with Crippen molar-refractivity contribution in [1.82, 2.24) is 5.32 Å². The third kappa shape index (κ3) is 2.72. The van der Waals surface area contributed by atoms with Gasteiger partial charge in [-0.1, -0.05) is 18.2 Å². The smallest absolute Gasteiger partial charge is 0.123 e. The summed E-state index contributed by atoms with van der Waals surface area (Å²) in [7, 11) is 1.73. The molecule has 2 nitrogen and oxygen atoms in total. The van der Waals surface area contributed by atoms with Gasteiger partial charge in [0.2, 0.25) is 0 Å². The van der Waals surface area contributed by atoms with Crippen molar-refractivity contribution < 1.29 is 4.74 Å². The van der Waals surface area contributed by atoms with E-state index in [0.717, 1.165) is 18.2 Å². The van der Waals surface area contributed by atoms with Gasteiger partial charge in [0, 0.05) is 18.2 Å². The maximum absolute atomic E-state index is 5.31. The van der Waals surface area contributed by atoms with E-state index in [-0.39, 0.29) is 0 Å². The first-order valence-electron chi connectivity index (χ1n) is 5.66. The fourth-order valence-electron chi connectivity index (χ4n) is 1.88. The molecule has 1 aliphatic carbocycles. The van der Waals surface area contributed by atoms with Gasteiger partial charge in [-0.25, -0.2) is 0 Å². The van der Waals surface area contributed by atoms with Crippen molar-refractivity contribution in [3.8, 4) is 5.75 Å². The van der Waals surface area contributed by atoms with Gasteiger partial charge >= 0.3 is 0 Å². The zero-order valence-electron chi connectivity index (χ0n) is 9.49. The molecule has 82 valence electrons. The third-order valence-electron chi connectivity index (χ3n) is 3.14. The summed E-state index contributed by atoms with van der Waals surface area (Å²) in [6.07, 6.45) is 2.78. The number of benzene rings is 1. The molecule has 0 amide bonds. The predicted molar refractivity (Wildman–Crippen MR) is 62.0 cm³/mol. The van der Waals surface area contributed by atoms with Crippen LogP contribution in [0.5, 0.6) is 5.75 Å². The first-order chi connectivity index (χ1) is 7.31. The van der Waals surface area contributed by atoms with Crippen LogP contribution in [0.25, 0.3) is 0 Å². The average molecular weight is 205 g/mol. The van der Waals surface area contributed by atoms with Gasteiger partial charge in [-0.2, -0.15) is 0 Å². The average Bonchev–Trinajstić information content (AvgIpc) is 3.10. The maximum atomic E-state index is 5.31. The van der Waals surface area contributed by atoms with E-state index in [4.69, 9.17) is 4.74 Å². The van der Waals surface area contributed by atoms with E-state index in [1.54, 1.807) is 7.11 Å². The highest BCUT2D eigenvalue weighted by Gasteiger charge is 2.27. The van der Waals surface area contributed by atoms with Crippen molar-refractivity contribution >= 4 is 0 Å². The van der Waals surface area contributed by atoms with Crippen molar-refractivity contribution in [2.75, 3.05) is 7.11 Å². The molecular weight excluding hydrogens is 186 g/mol. The molecule has 0 heterocycles. The Balaban J connectivity index is 1.91. The van der Waals surface area contributed by atoms with Gasteiger partial charge < -0.3 is 10.1 Å². The first-order valence-corrected chi connectivity index (χ1v) is 5.66. The van der Waals surface area contributed by atoms with Crippen LogP contribution in [0.1, 0.15) is 25.3 Å². The molecule has 1 atom stereocenters. The highest BCUT2D eigenvalue weighted by molar-refractivity contribution is 5.33. The minimum Gasteiger partial charge on any atom is -0.496 e. The molecule has 0 aliphatic heterocycles. The first kappa shape index (κ1) is 10.5. The Hall–Kier alpha value is -1.02. The summed E-state index contributed by atoms with van der Waals surface area (Å²) in [5, 5.41) is 3.56. The van der Waals surface area contributed by atoms with Crippen LogP contribution in [-0.2, 0) is 6.54 Å². The molecule has 15 heavy (non-hydrogen) atoms. The SMILES string of the molecule is COc1ccccc1CNC(C)C1CC1. The Kier molecular flexibility index (Phi) is 3.27. The molecular formula is C13H19NO. The molecule has 1 N–H and O–H groups in total. The standard InChI is InChI=1S/C13H19NO/c1-10(11-7-8-11)14-9-12-5-3-4-6-13(12)15-2/h3-6,10-11,14H,7-9H2,1-2H3. The summed E-state index contributed by atoms with van der Waals surface area (Å²) in [4.78, 5) is 0. The van der Waals surface area contributed by atoms with Gasteiger partial charge in [-0.05, 0) is 31.7 Å². The zero-order chi connectivity index (χ0) is 10.7. The highest BCUT2D eigenvalue weighted by Crippen LogP contribution is 2.32. The Morgan fingerprint density at radius 3 is 2.80 bits per heavy atom. The van der Waals surface area contributed by atoms with Crippen molar-refractivity contribution in [3.63, 3.8) is 0 Å². The summed E-state index contributed by atoms with van der Waals surface area (Å²) < 4.78 is 5.31. The number of para-hydroxylation sites is 1. The van der Waals surface area contributed by atoms with Crippen LogP contribution in [0.15, 0.2) is 24.3 Å². The summed E-state index contributed by atoms with van der Waals surface area (Å²) in [6, 6.07) is 8.83. The summed E-state index contributed by atoms with van der Waals surface area (Å²) >= 11 is 0. The third-order valence-corrected chi connectivity index (χ3v) is 3.14. The Morgan fingerprint density at radius 1 is 1.40 bits per heavy atom. The fourth-order valence-corrected chi connectivity index (χ4v) is 1.88. The normalized spacial score (nSPS) is 17.5. The number of methoxy groups -OCH3 is 1. The van der Waals surface area contributed by atoms with E-state index in [1.165, 1.54) is 18.4 Å². The minimum absolute atomic E-state index is 0.634. The van der Waals surface area contributed by atoms with Gasteiger partial charge in [0.25, 0.3) is 0 Å². The lowest BCUT2D eigenvalue weighted by Gasteiger charge is -2.14. The van der Waals surface area contributed by atoms with Gasteiger partial charge in [-0.15, -0.1) is 0 Å². The van der Waals surface area contributed by atoms with Crippen LogP contribution in [0.2, 0.25) is 0 Å². The molecule has 1 saturated carbocycles.